The summed E-state index contributed by atoms with van der Waals surface area (Å²) in [5.41, 5.74) is 3.06. The van der Waals surface area contributed by atoms with Crippen LogP contribution >= 0.6 is 11.6 Å². The molecular weight excluding hydrogens is 492 g/mol. The lowest BCUT2D eigenvalue weighted by Gasteiger charge is -2.10. The summed E-state index contributed by atoms with van der Waals surface area (Å²) < 4.78 is 14.4. The second-order valence-corrected chi connectivity index (χ2v) is 8.77. The molecule has 0 bridgehead atoms. The van der Waals surface area contributed by atoms with Crippen molar-refractivity contribution >= 4 is 17.2 Å². The van der Waals surface area contributed by atoms with E-state index >= 15 is 0 Å². The summed E-state index contributed by atoms with van der Waals surface area (Å²) in [5.74, 6) is 1.74. The third-order valence-electron chi connectivity index (χ3n) is 5.74. The largest absolute Gasteiger partial charge is 0.439 e. The van der Waals surface area contributed by atoms with Crippen molar-refractivity contribution in [1.29, 1.82) is 0 Å². The number of rotatable bonds is 6. The van der Waals surface area contributed by atoms with Crippen LogP contribution in [0.2, 0.25) is 5.02 Å². The van der Waals surface area contributed by atoms with Crippen molar-refractivity contribution in [3.05, 3.63) is 112 Å². The zero-order chi connectivity index (χ0) is 25.4. The molecule has 0 aliphatic heterocycles. The predicted molar refractivity (Wildman–Crippen MR) is 138 cm³/mol. The molecule has 37 heavy (non-hydrogen) atoms. The van der Waals surface area contributed by atoms with E-state index in [0.717, 1.165) is 11.1 Å². The molecule has 0 saturated heterocycles. The fourth-order valence-electron chi connectivity index (χ4n) is 3.95. The lowest BCUT2D eigenvalue weighted by atomic mass is 10.1. The fourth-order valence-corrected chi connectivity index (χ4v) is 4.08. The van der Waals surface area contributed by atoms with E-state index in [1.807, 2.05) is 54.6 Å². The highest BCUT2D eigenvalue weighted by molar-refractivity contribution is 6.30. The second-order valence-electron chi connectivity index (χ2n) is 8.33. The Labute approximate surface area is 215 Å². The molecule has 4 heterocycles. The van der Waals surface area contributed by atoms with E-state index in [0.29, 0.717) is 40.4 Å². The van der Waals surface area contributed by atoms with Crippen LogP contribution in [-0.2, 0) is 6.54 Å². The molecule has 0 aliphatic carbocycles. The summed E-state index contributed by atoms with van der Waals surface area (Å²) in [4.78, 5) is 22.0. The van der Waals surface area contributed by atoms with Gasteiger partial charge in [0.15, 0.2) is 5.82 Å². The molecule has 9 nitrogen and oxygen atoms in total. The second kappa shape index (κ2) is 9.36. The molecule has 0 N–H and O–H groups in total. The number of benzene rings is 2. The molecule has 0 saturated carbocycles. The van der Waals surface area contributed by atoms with Crippen molar-refractivity contribution < 1.29 is 9.26 Å². The predicted octanol–water partition coefficient (Wildman–Crippen LogP) is 5.41. The van der Waals surface area contributed by atoms with Crippen LogP contribution in [0.3, 0.4) is 0 Å². The minimum Gasteiger partial charge on any atom is -0.439 e. The monoisotopic (exact) mass is 510 g/mol. The van der Waals surface area contributed by atoms with Crippen LogP contribution < -0.4 is 10.3 Å². The zero-order valence-corrected chi connectivity index (χ0v) is 20.3. The topological polar surface area (TPSA) is 100 Å². The molecule has 6 rings (SSSR count). The summed E-state index contributed by atoms with van der Waals surface area (Å²) >= 11 is 6.05. The summed E-state index contributed by atoms with van der Waals surface area (Å²) in [6.45, 7) is 2.01. The van der Waals surface area contributed by atoms with Gasteiger partial charge in [0.2, 0.25) is 5.88 Å². The Morgan fingerprint density at radius 2 is 1.84 bits per heavy atom. The van der Waals surface area contributed by atoms with Crippen molar-refractivity contribution in [2.45, 2.75) is 13.5 Å². The van der Waals surface area contributed by atoms with Gasteiger partial charge < -0.3 is 9.26 Å². The first-order valence-electron chi connectivity index (χ1n) is 11.4. The number of aryl methyl sites for hydroxylation is 1. The molecule has 0 fully saturated rings. The van der Waals surface area contributed by atoms with Crippen LogP contribution in [-0.4, -0.2) is 29.3 Å². The fraction of sp³-hybridized carbons (Fsp3) is 0.0741. The van der Waals surface area contributed by atoms with Crippen molar-refractivity contribution in [2.24, 2.45) is 0 Å². The van der Waals surface area contributed by atoms with Gasteiger partial charge in [-0.15, -0.1) is 0 Å². The van der Waals surface area contributed by atoms with E-state index in [2.05, 4.69) is 15.1 Å². The minimum atomic E-state index is -0.267. The minimum absolute atomic E-state index is 0.141. The number of fused-ring (bicyclic) bond motifs is 1. The van der Waals surface area contributed by atoms with E-state index in [1.54, 1.807) is 46.6 Å². The van der Waals surface area contributed by atoms with Crippen LogP contribution in [0.4, 0.5) is 0 Å². The molecule has 0 unspecified atom stereocenters. The first-order valence-corrected chi connectivity index (χ1v) is 11.8. The first kappa shape index (κ1) is 22.7. The van der Waals surface area contributed by atoms with E-state index in [4.69, 9.17) is 26.0 Å². The maximum atomic E-state index is 13.6. The van der Waals surface area contributed by atoms with Crippen LogP contribution in [0.5, 0.6) is 11.6 Å². The number of hydrogen-bond acceptors (Lipinski definition) is 7. The Kier molecular flexibility index (Phi) is 5.74. The van der Waals surface area contributed by atoms with Crippen molar-refractivity contribution in [3.63, 3.8) is 0 Å². The number of nitrogens with zero attached hydrogens (tertiary/aromatic N) is 6. The molecule has 182 valence electrons. The average Bonchev–Trinajstić information content (AvgIpc) is 3.54. The smallest absolute Gasteiger partial charge is 0.266 e. The van der Waals surface area contributed by atoms with Gasteiger partial charge in [-0.25, -0.2) is 9.50 Å². The van der Waals surface area contributed by atoms with Gasteiger partial charge in [-0.1, -0.05) is 35.0 Å². The molecule has 0 atom stereocenters. The summed E-state index contributed by atoms with van der Waals surface area (Å²) in [7, 11) is 0. The highest BCUT2D eigenvalue weighted by Gasteiger charge is 2.19. The molecule has 10 heteroatoms. The van der Waals surface area contributed by atoms with E-state index < -0.39 is 0 Å². The van der Waals surface area contributed by atoms with Crippen LogP contribution in [0.25, 0.3) is 28.4 Å². The van der Waals surface area contributed by atoms with E-state index in [1.165, 1.54) is 0 Å². The van der Waals surface area contributed by atoms with Gasteiger partial charge in [-0.3, -0.25) is 9.36 Å². The number of halogens is 1. The van der Waals surface area contributed by atoms with Gasteiger partial charge >= 0.3 is 0 Å². The maximum Gasteiger partial charge on any atom is 0.266 e. The quantitative estimate of drug-likeness (QED) is 0.295. The normalized spacial score (nSPS) is 11.2. The number of ether oxygens (including phenoxy) is 1. The average molecular weight is 511 g/mol. The van der Waals surface area contributed by atoms with Crippen molar-refractivity contribution in [2.75, 3.05) is 0 Å². The van der Waals surface area contributed by atoms with Gasteiger partial charge in [0.1, 0.15) is 17.0 Å². The molecular formula is C27H19ClN6O3. The van der Waals surface area contributed by atoms with Crippen molar-refractivity contribution in [3.8, 4) is 34.3 Å². The third-order valence-corrected chi connectivity index (χ3v) is 5.99. The Morgan fingerprint density at radius 1 is 1.03 bits per heavy atom. The molecule has 2 aromatic carbocycles. The van der Waals surface area contributed by atoms with Gasteiger partial charge in [0.05, 0.1) is 12.2 Å². The Bertz CT molecular complexity index is 1760. The Hall–Kier alpha value is -4.76. The number of hydrogen-bond donors (Lipinski definition) is 0. The molecule has 6 aromatic rings. The highest BCUT2D eigenvalue weighted by Crippen LogP contribution is 2.26. The standard InChI is InChI=1S/C27H19ClN6O3/c1-17-30-26(37-32-17)22-16-34-25(33(27(22)35)15-18-5-9-20(28)10-6-18)14-23(31-34)19-7-11-21(12-8-19)36-24-4-2-3-13-29-24/h2-14,16H,15H2,1H3. The van der Waals surface area contributed by atoms with Gasteiger partial charge in [0, 0.05) is 35.1 Å². The molecule has 4 aromatic heterocycles. The molecule has 0 aliphatic rings. The SMILES string of the molecule is Cc1noc(-c2cn3nc(-c4ccc(Oc5ccccn5)cc4)cc3n(Cc3ccc(Cl)cc3)c2=O)n1. The molecule has 0 spiro atoms. The summed E-state index contributed by atoms with van der Waals surface area (Å²) in [5, 5.41) is 9.20. The summed E-state index contributed by atoms with van der Waals surface area (Å²) in [6, 6.07) is 22.2. The van der Waals surface area contributed by atoms with Gasteiger partial charge in [-0.05, 0) is 55.0 Å². The number of pyridine rings is 1. The van der Waals surface area contributed by atoms with E-state index in [-0.39, 0.29) is 17.0 Å². The van der Waals surface area contributed by atoms with Crippen LogP contribution in [0.15, 0.2) is 94.5 Å². The van der Waals surface area contributed by atoms with E-state index in [9.17, 15) is 4.79 Å². The number of aromatic nitrogens is 6. The van der Waals surface area contributed by atoms with Crippen LogP contribution in [0.1, 0.15) is 11.4 Å². The zero-order valence-electron chi connectivity index (χ0n) is 19.6. The van der Waals surface area contributed by atoms with Gasteiger partial charge in [-0.2, -0.15) is 10.1 Å². The summed E-state index contributed by atoms with van der Waals surface area (Å²) in [6.07, 6.45) is 3.29. The maximum absolute atomic E-state index is 13.6. The lowest BCUT2D eigenvalue weighted by molar-refractivity contribution is 0.424. The molecule has 0 amide bonds. The third kappa shape index (κ3) is 4.60. The Balaban J connectivity index is 1.42. The Morgan fingerprint density at radius 3 is 2.54 bits per heavy atom. The van der Waals surface area contributed by atoms with Gasteiger partial charge in [0.25, 0.3) is 11.4 Å². The molecule has 0 radical (unpaired) electrons. The highest BCUT2D eigenvalue weighted by atomic mass is 35.5. The lowest BCUT2D eigenvalue weighted by Crippen LogP contribution is -2.24. The van der Waals surface area contributed by atoms with Crippen molar-refractivity contribution in [1.82, 2.24) is 29.3 Å². The van der Waals surface area contributed by atoms with Crippen LogP contribution in [0, 0.1) is 6.92 Å². The first-order chi connectivity index (χ1) is 18.0.